The Hall–Kier alpha value is -2.82. The first kappa shape index (κ1) is 18.5. The van der Waals surface area contributed by atoms with Gasteiger partial charge in [-0.15, -0.1) is 0 Å². The molecular weight excluding hydrogens is 316 g/mol. The van der Waals surface area contributed by atoms with Crippen molar-refractivity contribution in [3.05, 3.63) is 59.2 Å². The van der Waals surface area contributed by atoms with Crippen LogP contribution >= 0.6 is 0 Å². The fourth-order valence-corrected chi connectivity index (χ4v) is 2.19. The van der Waals surface area contributed by atoms with Gasteiger partial charge in [-0.2, -0.15) is 5.10 Å². The van der Waals surface area contributed by atoms with Crippen LogP contribution in [0.4, 0.5) is 0 Å². The molecule has 0 atom stereocenters. The van der Waals surface area contributed by atoms with Crippen molar-refractivity contribution in [2.45, 2.75) is 33.1 Å². The molecule has 0 bridgehead atoms. The first-order valence-corrected chi connectivity index (χ1v) is 8.11. The van der Waals surface area contributed by atoms with Crippen LogP contribution in [0.1, 0.15) is 37.5 Å². The molecule has 0 heterocycles. The van der Waals surface area contributed by atoms with E-state index in [9.17, 15) is 9.90 Å². The number of hydrogen-bond donors (Lipinski definition) is 2. The second kappa shape index (κ2) is 7.83. The molecule has 0 unspecified atom stereocenters. The molecule has 1 amide bonds. The van der Waals surface area contributed by atoms with E-state index in [-0.39, 0.29) is 23.7 Å². The number of aromatic hydroxyl groups is 1. The molecule has 0 aliphatic carbocycles. The number of hydrazone groups is 1. The van der Waals surface area contributed by atoms with E-state index >= 15 is 0 Å². The predicted molar refractivity (Wildman–Crippen MR) is 99.2 cm³/mol. The fraction of sp³-hybridized carbons (Fsp3) is 0.300. The molecule has 0 saturated heterocycles. The van der Waals surface area contributed by atoms with Crippen molar-refractivity contribution in [2.24, 2.45) is 5.10 Å². The van der Waals surface area contributed by atoms with Gasteiger partial charge in [-0.05, 0) is 41.7 Å². The maximum absolute atomic E-state index is 11.8. The predicted octanol–water partition coefficient (Wildman–Crippen LogP) is 3.53. The number of para-hydroxylation sites is 1. The maximum atomic E-state index is 11.8. The van der Waals surface area contributed by atoms with E-state index in [1.807, 2.05) is 30.3 Å². The van der Waals surface area contributed by atoms with E-state index < -0.39 is 0 Å². The molecule has 25 heavy (non-hydrogen) atoms. The number of benzene rings is 2. The molecule has 2 rings (SSSR count). The first-order valence-electron chi connectivity index (χ1n) is 8.11. The second-order valence-corrected chi connectivity index (χ2v) is 6.87. The number of rotatable bonds is 5. The summed E-state index contributed by atoms with van der Waals surface area (Å²) in [7, 11) is 0. The van der Waals surface area contributed by atoms with Gasteiger partial charge in [-0.1, -0.05) is 45.0 Å². The summed E-state index contributed by atoms with van der Waals surface area (Å²) in [5, 5.41) is 13.7. The summed E-state index contributed by atoms with van der Waals surface area (Å²) in [5.74, 6) is 0.405. The lowest BCUT2D eigenvalue weighted by Gasteiger charge is -2.19. The Morgan fingerprint density at radius 1 is 1.20 bits per heavy atom. The highest BCUT2D eigenvalue weighted by molar-refractivity contribution is 5.85. The van der Waals surface area contributed by atoms with Gasteiger partial charge in [0.2, 0.25) is 0 Å². The third-order valence-corrected chi connectivity index (χ3v) is 3.75. The molecule has 5 heteroatoms. The van der Waals surface area contributed by atoms with Crippen LogP contribution in [-0.4, -0.2) is 23.8 Å². The summed E-state index contributed by atoms with van der Waals surface area (Å²) >= 11 is 0. The standard InChI is InChI=1S/C20H24N2O3/c1-14-6-5-7-15(19(14)24)12-21-22-18(23)13-25-17-10-8-16(9-11-17)20(2,3)4/h5-12,24H,13H2,1-4H3,(H,22,23). The molecule has 0 aliphatic heterocycles. The quantitative estimate of drug-likeness (QED) is 0.646. The van der Waals surface area contributed by atoms with Crippen LogP contribution in [0, 0.1) is 6.92 Å². The van der Waals surface area contributed by atoms with Gasteiger partial charge < -0.3 is 9.84 Å². The monoisotopic (exact) mass is 340 g/mol. The van der Waals surface area contributed by atoms with Crippen molar-refractivity contribution < 1.29 is 14.6 Å². The van der Waals surface area contributed by atoms with Crippen molar-refractivity contribution in [3.8, 4) is 11.5 Å². The molecule has 132 valence electrons. The van der Waals surface area contributed by atoms with Crippen molar-refractivity contribution in [1.82, 2.24) is 5.43 Å². The smallest absolute Gasteiger partial charge is 0.277 e. The number of carbonyl (C=O) groups excluding carboxylic acids is 1. The van der Waals surface area contributed by atoms with Gasteiger partial charge in [0.25, 0.3) is 5.91 Å². The van der Waals surface area contributed by atoms with Gasteiger partial charge in [-0.25, -0.2) is 5.43 Å². The second-order valence-electron chi connectivity index (χ2n) is 6.87. The summed E-state index contributed by atoms with van der Waals surface area (Å²) in [6.07, 6.45) is 1.40. The van der Waals surface area contributed by atoms with Crippen LogP contribution in [0.5, 0.6) is 11.5 Å². The molecule has 0 aromatic heterocycles. The fourth-order valence-electron chi connectivity index (χ4n) is 2.19. The number of ether oxygens (including phenoxy) is 1. The summed E-state index contributed by atoms with van der Waals surface area (Å²) in [6.45, 7) is 8.08. The zero-order valence-corrected chi connectivity index (χ0v) is 15.0. The Bertz CT molecular complexity index is 760. The van der Waals surface area contributed by atoms with E-state index in [1.165, 1.54) is 11.8 Å². The Kier molecular flexibility index (Phi) is 5.80. The van der Waals surface area contributed by atoms with Crippen molar-refractivity contribution >= 4 is 12.1 Å². The Morgan fingerprint density at radius 3 is 2.52 bits per heavy atom. The summed E-state index contributed by atoms with van der Waals surface area (Å²) in [6, 6.07) is 13.0. The minimum atomic E-state index is -0.372. The average molecular weight is 340 g/mol. The minimum Gasteiger partial charge on any atom is -0.507 e. The molecule has 2 N–H and O–H groups in total. The van der Waals surface area contributed by atoms with E-state index in [1.54, 1.807) is 19.1 Å². The van der Waals surface area contributed by atoms with Gasteiger partial charge in [0, 0.05) is 5.56 Å². The van der Waals surface area contributed by atoms with E-state index in [0.29, 0.717) is 11.3 Å². The summed E-state index contributed by atoms with van der Waals surface area (Å²) in [4.78, 5) is 11.8. The van der Waals surface area contributed by atoms with Crippen LogP contribution in [0.3, 0.4) is 0 Å². The van der Waals surface area contributed by atoms with Crippen molar-refractivity contribution in [1.29, 1.82) is 0 Å². The number of carbonyl (C=O) groups is 1. The lowest BCUT2D eigenvalue weighted by molar-refractivity contribution is -0.123. The molecule has 0 radical (unpaired) electrons. The lowest BCUT2D eigenvalue weighted by Crippen LogP contribution is -2.24. The number of nitrogens with zero attached hydrogens (tertiary/aromatic N) is 1. The largest absolute Gasteiger partial charge is 0.507 e. The number of aryl methyl sites for hydroxylation is 1. The third-order valence-electron chi connectivity index (χ3n) is 3.75. The highest BCUT2D eigenvalue weighted by atomic mass is 16.5. The lowest BCUT2D eigenvalue weighted by atomic mass is 9.87. The average Bonchev–Trinajstić information content (AvgIpc) is 2.56. The zero-order valence-electron chi connectivity index (χ0n) is 15.0. The van der Waals surface area contributed by atoms with Crippen LogP contribution in [0.15, 0.2) is 47.6 Å². The molecule has 0 saturated carbocycles. The topological polar surface area (TPSA) is 70.9 Å². The Labute approximate surface area is 148 Å². The molecule has 5 nitrogen and oxygen atoms in total. The number of phenolic OH excluding ortho intramolecular Hbond substituents is 1. The van der Waals surface area contributed by atoms with Crippen LogP contribution < -0.4 is 10.2 Å². The van der Waals surface area contributed by atoms with Gasteiger partial charge in [-0.3, -0.25) is 4.79 Å². The molecule has 0 spiro atoms. The molecule has 2 aromatic carbocycles. The Morgan fingerprint density at radius 2 is 1.88 bits per heavy atom. The zero-order chi connectivity index (χ0) is 18.4. The Balaban J connectivity index is 1.84. The van der Waals surface area contributed by atoms with Gasteiger partial charge in [0.15, 0.2) is 6.61 Å². The van der Waals surface area contributed by atoms with Gasteiger partial charge in [0.05, 0.1) is 6.21 Å². The number of amides is 1. The van der Waals surface area contributed by atoms with Crippen molar-refractivity contribution in [2.75, 3.05) is 6.61 Å². The molecule has 2 aromatic rings. The molecule has 0 aliphatic rings. The summed E-state index contributed by atoms with van der Waals surface area (Å²) < 4.78 is 5.45. The highest BCUT2D eigenvalue weighted by Gasteiger charge is 2.13. The minimum absolute atomic E-state index is 0.0754. The van der Waals surface area contributed by atoms with Gasteiger partial charge in [0.1, 0.15) is 11.5 Å². The van der Waals surface area contributed by atoms with E-state index in [4.69, 9.17) is 4.74 Å². The van der Waals surface area contributed by atoms with Crippen LogP contribution in [0.25, 0.3) is 0 Å². The molecular formula is C20H24N2O3. The van der Waals surface area contributed by atoms with Gasteiger partial charge >= 0.3 is 0 Å². The van der Waals surface area contributed by atoms with Crippen LogP contribution in [0.2, 0.25) is 0 Å². The summed E-state index contributed by atoms with van der Waals surface area (Å²) in [5.41, 5.74) is 4.94. The molecule has 0 fully saturated rings. The third kappa shape index (κ3) is 5.35. The number of nitrogens with one attached hydrogen (secondary N) is 1. The highest BCUT2D eigenvalue weighted by Crippen LogP contribution is 2.24. The van der Waals surface area contributed by atoms with Crippen LogP contribution in [-0.2, 0) is 10.2 Å². The number of hydrogen-bond acceptors (Lipinski definition) is 4. The number of phenols is 1. The van der Waals surface area contributed by atoms with Crippen molar-refractivity contribution in [3.63, 3.8) is 0 Å². The first-order chi connectivity index (χ1) is 11.8. The SMILES string of the molecule is Cc1cccc(C=NNC(=O)COc2ccc(C(C)(C)C)cc2)c1O. The maximum Gasteiger partial charge on any atom is 0.277 e. The van der Waals surface area contributed by atoms with E-state index in [0.717, 1.165) is 5.56 Å². The normalized spacial score (nSPS) is 11.5. The van der Waals surface area contributed by atoms with E-state index in [2.05, 4.69) is 31.3 Å².